The highest BCUT2D eigenvalue weighted by Crippen LogP contribution is 2.29. The molecule has 0 bridgehead atoms. The van der Waals surface area contributed by atoms with E-state index in [1.165, 1.54) is 23.1 Å². The average Bonchev–Trinajstić information content (AvgIpc) is 2.89. The van der Waals surface area contributed by atoms with Crippen LogP contribution in [0.5, 0.6) is 0 Å². The van der Waals surface area contributed by atoms with Gasteiger partial charge in [0.2, 0.25) is 21.8 Å². The lowest BCUT2D eigenvalue weighted by atomic mass is 10.0. The number of sulfonamides is 1. The molecule has 11 heteroatoms. The van der Waals surface area contributed by atoms with Gasteiger partial charge in [0.15, 0.2) is 0 Å². The number of halogens is 3. The summed E-state index contributed by atoms with van der Waals surface area (Å²) < 4.78 is 27.5. The molecule has 40 heavy (non-hydrogen) atoms. The van der Waals surface area contributed by atoms with Gasteiger partial charge in [-0.1, -0.05) is 95.4 Å². The molecular weight excluding hydrogens is 637 g/mol. The van der Waals surface area contributed by atoms with Gasteiger partial charge in [0.1, 0.15) is 12.6 Å². The van der Waals surface area contributed by atoms with Crippen LogP contribution in [0.15, 0.2) is 77.3 Å². The molecule has 0 aliphatic heterocycles. The Hall–Kier alpha value is -2.59. The molecule has 0 aliphatic carbocycles. The largest absolute Gasteiger partial charge is 0.354 e. The number of hydrogen-bond donors (Lipinski definition) is 1. The van der Waals surface area contributed by atoms with Crippen molar-refractivity contribution < 1.29 is 18.0 Å². The summed E-state index contributed by atoms with van der Waals surface area (Å²) >= 11 is 15.7. The van der Waals surface area contributed by atoms with E-state index in [4.69, 9.17) is 23.2 Å². The summed E-state index contributed by atoms with van der Waals surface area (Å²) in [6, 6.07) is 20.3. The number of nitrogens with one attached hydrogen (secondary N) is 1. The molecule has 3 rings (SSSR count). The Balaban J connectivity index is 2.06. The van der Waals surface area contributed by atoms with Crippen LogP contribution in [0.1, 0.15) is 25.0 Å². The third-order valence-electron chi connectivity index (χ3n) is 6.07. The van der Waals surface area contributed by atoms with E-state index in [0.717, 1.165) is 26.2 Å². The topological polar surface area (TPSA) is 86.8 Å². The lowest BCUT2D eigenvalue weighted by molar-refractivity contribution is -0.140. The second-order valence-corrected chi connectivity index (χ2v) is 13.5. The zero-order chi connectivity index (χ0) is 29.4. The minimum Gasteiger partial charge on any atom is -0.354 e. The molecule has 3 aromatic carbocycles. The molecule has 0 saturated carbocycles. The summed E-state index contributed by atoms with van der Waals surface area (Å²) in [4.78, 5) is 29.1. The molecule has 0 aromatic heterocycles. The summed E-state index contributed by atoms with van der Waals surface area (Å²) in [6.45, 7) is 3.95. The Labute approximate surface area is 254 Å². The molecule has 0 fully saturated rings. The Morgan fingerprint density at radius 2 is 1.60 bits per heavy atom. The maximum atomic E-state index is 14.1. The van der Waals surface area contributed by atoms with Crippen LogP contribution in [0.25, 0.3) is 0 Å². The number of carbonyl (C=O) groups is 2. The molecule has 7 nitrogen and oxygen atoms in total. The highest BCUT2D eigenvalue weighted by Gasteiger charge is 2.33. The highest BCUT2D eigenvalue weighted by atomic mass is 79.9. The zero-order valence-corrected chi connectivity index (χ0v) is 26.4. The molecule has 1 atom stereocenters. The van der Waals surface area contributed by atoms with Crippen molar-refractivity contribution in [3.8, 4) is 0 Å². The summed E-state index contributed by atoms with van der Waals surface area (Å²) in [5.41, 5.74) is 1.83. The van der Waals surface area contributed by atoms with Gasteiger partial charge >= 0.3 is 0 Å². The monoisotopic (exact) mass is 667 g/mol. The quantitative estimate of drug-likeness (QED) is 0.259. The van der Waals surface area contributed by atoms with Crippen LogP contribution in [0.2, 0.25) is 10.0 Å². The van der Waals surface area contributed by atoms with Gasteiger partial charge in [0.05, 0.1) is 22.0 Å². The van der Waals surface area contributed by atoms with Crippen LogP contribution in [-0.2, 0) is 32.6 Å². The van der Waals surface area contributed by atoms with Crippen molar-refractivity contribution in [3.63, 3.8) is 0 Å². The number of benzene rings is 3. The fourth-order valence-corrected chi connectivity index (χ4v) is 5.64. The number of nitrogens with zero attached hydrogens (tertiary/aromatic N) is 2. The highest BCUT2D eigenvalue weighted by molar-refractivity contribution is 9.10. The Bertz CT molecular complexity index is 1440. The van der Waals surface area contributed by atoms with E-state index in [2.05, 4.69) is 21.2 Å². The van der Waals surface area contributed by atoms with Crippen LogP contribution in [0.4, 0.5) is 5.69 Å². The van der Waals surface area contributed by atoms with Crippen molar-refractivity contribution in [1.29, 1.82) is 0 Å². The van der Waals surface area contributed by atoms with Gasteiger partial charge in [-0.05, 0) is 47.4 Å². The third kappa shape index (κ3) is 9.23. The molecule has 0 unspecified atom stereocenters. The molecule has 2 amide bonds. The van der Waals surface area contributed by atoms with E-state index >= 15 is 0 Å². The lowest BCUT2D eigenvalue weighted by Crippen LogP contribution is -2.53. The van der Waals surface area contributed by atoms with Gasteiger partial charge in [-0.25, -0.2) is 8.42 Å². The van der Waals surface area contributed by atoms with Gasteiger partial charge in [0, 0.05) is 24.0 Å². The Kier molecular flexibility index (Phi) is 11.5. The standard InChI is InChI=1S/C29H32BrCl2N3O4S/c1-20(2)17-33-29(37)27(15-21-8-5-4-6-9-21)34(18-22-10-7-11-23(30)14-22)28(36)19-35(40(3,38)39)24-12-13-25(31)26(32)16-24/h4-14,16,20,27H,15,17-19H2,1-3H3,(H,33,37)/t27-/m1/s1. The molecule has 0 spiro atoms. The number of amides is 2. The first-order chi connectivity index (χ1) is 18.8. The van der Waals surface area contributed by atoms with E-state index in [1.807, 2.05) is 68.4 Å². The molecule has 214 valence electrons. The van der Waals surface area contributed by atoms with Gasteiger partial charge < -0.3 is 10.2 Å². The van der Waals surface area contributed by atoms with Gasteiger partial charge in [-0.3, -0.25) is 13.9 Å². The fraction of sp³-hybridized carbons (Fsp3) is 0.310. The SMILES string of the molecule is CC(C)CNC(=O)[C@@H](Cc1ccccc1)N(Cc1cccc(Br)c1)C(=O)CN(c1ccc(Cl)c(Cl)c1)S(C)(=O)=O. The van der Waals surface area contributed by atoms with Crippen molar-refractivity contribution in [2.45, 2.75) is 32.9 Å². The Morgan fingerprint density at radius 1 is 0.925 bits per heavy atom. The predicted octanol–water partition coefficient (Wildman–Crippen LogP) is 5.93. The zero-order valence-electron chi connectivity index (χ0n) is 22.5. The van der Waals surface area contributed by atoms with E-state index in [-0.39, 0.29) is 40.5 Å². The molecule has 0 radical (unpaired) electrons. The second-order valence-electron chi connectivity index (χ2n) is 9.86. The third-order valence-corrected chi connectivity index (χ3v) is 8.44. The van der Waals surface area contributed by atoms with Crippen LogP contribution in [-0.4, -0.2) is 50.5 Å². The average molecular weight is 669 g/mol. The van der Waals surface area contributed by atoms with Crippen LogP contribution >= 0.6 is 39.1 Å². The maximum Gasteiger partial charge on any atom is 0.244 e. The summed E-state index contributed by atoms with van der Waals surface area (Å²) in [5.74, 6) is -0.663. The van der Waals surface area contributed by atoms with Gasteiger partial charge in [-0.15, -0.1) is 0 Å². The number of rotatable bonds is 12. The summed E-state index contributed by atoms with van der Waals surface area (Å²) in [5, 5.41) is 3.37. The van der Waals surface area contributed by atoms with Gasteiger partial charge in [0.25, 0.3) is 0 Å². The minimum atomic E-state index is -3.91. The smallest absolute Gasteiger partial charge is 0.244 e. The molecule has 0 aliphatic rings. The molecular formula is C29H32BrCl2N3O4S. The number of carbonyl (C=O) groups excluding carboxylic acids is 2. The number of anilines is 1. The van der Waals surface area contributed by atoms with Crippen molar-refractivity contribution in [1.82, 2.24) is 10.2 Å². The second kappa shape index (κ2) is 14.3. The lowest BCUT2D eigenvalue weighted by Gasteiger charge is -2.33. The normalized spacial score (nSPS) is 12.2. The van der Waals surface area contributed by atoms with Crippen LogP contribution < -0.4 is 9.62 Å². The minimum absolute atomic E-state index is 0.0872. The van der Waals surface area contributed by atoms with Crippen LogP contribution in [0, 0.1) is 5.92 Å². The van der Waals surface area contributed by atoms with Gasteiger partial charge in [-0.2, -0.15) is 0 Å². The fourth-order valence-electron chi connectivity index (χ4n) is 4.06. The summed E-state index contributed by atoms with van der Waals surface area (Å²) in [6.07, 6.45) is 1.26. The molecule has 3 aromatic rings. The Morgan fingerprint density at radius 3 is 2.20 bits per heavy atom. The first-order valence-electron chi connectivity index (χ1n) is 12.6. The van der Waals surface area contributed by atoms with E-state index in [1.54, 1.807) is 0 Å². The van der Waals surface area contributed by atoms with Crippen molar-refractivity contribution in [3.05, 3.63) is 98.4 Å². The molecule has 0 saturated heterocycles. The predicted molar refractivity (Wildman–Crippen MR) is 165 cm³/mol. The molecule has 0 heterocycles. The van der Waals surface area contributed by atoms with E-state index in [0.29, 0.717) is 6.54 Å². The van der Waals surface area contributed by atoms with Crippen LogP contribution in [0.3, 0.4) is 0 Å². The van der Waals surface area contributed by atoms with Crippen molar-refractivity contribution in [2.24, 2.45) is 5.92 Å². The van der Waals surface area contributed by atoms with E-state index < -0.39 is 28.5 Å². The number of hydrogen-bond acceptors (Lipinski definition) is 4. The summed E-state index contributed by atoms with van der Waals surface area (Å²) in [7, 11) is -3.91. The van der Waals surface area contributed by atoms with Crippen molar-refractivity contribution in [2.75, 3.05) is 23.7 Å². The first-order valence-corrected chi connectivity index (χ1v) is 16.0. The van der Waals surface area contributed by atoms with Crippen molar-refractivity contribution >= 4 is 66.7 Å². The molecule has 1 N–H and O–H groups in total. The van der Waals surface area contributed by atoms with E-state index in [9.17, 15) is 18.0 Å². The first kappa shape index (κ1) is 31.9. The maximum absolute atomic E-state index is 14.1.